The van der Waals surface area contributed by atoms with Crippen LogP contribution in [0.5, 0.6) is 5.75 Å². The molecule has 1 aliphatic carbocycles. The van der Waals surface area contributed by atoms with Gasteiger partial charge in [-0.3, -0.25) is 9.59 Å². The van der Waals surface area contributed by atoms with Crippen LogP contribution >= 0.6 is 0 Å². The summed E-state index contributed by atoms with van der Waals surface area (Å²) < 4.78 is 8.10. The van der Waals surface area contributed by atoms with Gasteiger partial charge in [-0.15, -0.1) is 0 Å². The van der Waals surface area contributed by atoms with E-state index in [9.17, 15) is 9.59 Å². The highest BCUT2D eigenvalue weighted by Gasteiger charge is 2.35. The Hall–Kier alpha value is -2.83. The molecular weight excluding hydrogens is 368 g/mol. The number of aryl methyl sites for hydroxylation is 1. The number of nitrogens with zero attached hydrogens (tertiary/aromatic N) is 3. The van der Waals surface area contributed by atoms with Crippen LogP contribution in [0.1, 0.15) is 48.8 Å². The number of hydrogen-bond acceptors (Lipinski definition) is 4. The van der Waals surface area contributed by atoms with E-state index < -0.39 is 0 Å². The van der Waals surface area contributed by atoms with E-state index in [2.05, 4.69) is 10.3 Å². The number of aromatic nitrogens is 2. The molecule has 154 valence electrons. The highest BCUT2D eigenvalue weighted by atomic mass is 16.5. The molecule has 2 amide bonds. The predicted molar refractivity (Wildman–Crippen MR) is 108 cm³/mol. The molecular formula is C22H28N4O3. The fourth-order valence-electron chi connectivity index (χ4n) is 3.74. The SMILES string of the molecule is CCn1ccnc1CNC(=O)c1cccc(OC2CCN(C(=O)C3CC3)CC2)c1. The number of ether oxygens (including phenoxy) is 1. The molecule has 2 aliphatic rings. The predicted octanol–water partition coefficient (Wildman–Crippen LogP) is 2.61. The van der Waals surface area contributed by atoms with Crippen LogP contribution in [0.25, 0.3) is 0 Å². The van der Waals surface area contributed by atoms with Crippen molar-refractivity contribution >= 4 is 11.8 Å². The normalized spacial score (nSPS) is 17.2. The maximum absolute atomic E-state index is 12.5. The van der Waals surface area contributed by atoms with Gasteiger partial charge in [-0.2, -0.15) is 0 Å². The molecule has 2 aromatic rings. The number of rotatable bonds is 7. The number of carbonyl (C=O) groups excluding carboxylic acids is 2. The van der Waals surface area contributed by atoms with E-state index in [0.717, 1.165) is 51.1 Å². The van der Waals surface area contributed by atoms with Gasteiger partial charge in [-0.1, -0.05) is 6.07 Å². The highest BCUT2D eigenvalue weighted by molar-refractivity contribution is 5.94. The van der Waals surface area contributed by atoms with Gasteiger partial charge in [0.15, 0.2) is 0 Å². The number of amides is 2. The molecule has 7 heteroatoms. The largest absolute Gasteiger partial charge is 0.490 e. The van der Waals surface area contributed by atoms with Crippen LogP contribution < -0.4 is 10.1 Å². The molecule has 1 aromatic carbocycles. The summed E-state index contributed by atoms with van der Waals surface area (Å²) in [5.41, 5.74) is 0.568. The highest BCUT2D eigenvalue weighted by Crippen LogP contribution is 2.32. The monoisotopic (exact) mass is 396 g/mol. The van der Waals surface area contributed by atoms with Crippen LogP contribution in [0.15, 0.2) is 36.7 Å². The Balaban J connectivity index is 1.29. The van der Waals surface area contributed by atoms with E-state index in [-0.39, 0.29) is 17.9 Å². The minimum absolute atomic E-state index is 0.0774. The maximum Gasteiger partial charge on any atom is 0.251 e. The van der Waals surface area contributed by atoms with Gasteiger partial charge in [0.05, 0.1) is 6.54 Å². The zero-order chi connectivity index (χ0) is 20.2. The van der Waals surface area contributed by atoms with Gasteiger partial charge in [-0.25, -0.2) is 4.98 Å². The molecule has 1 N–H and O–H groups in total. The second kappa shape index (κ2) is 8.68. The summed E-state index contributed by atoms with van der Waals surface area (Å²) in [6.07, 6.45) is 7.47. The first kappa shape index (κ1) is 19.5. The molecule has 7 nitrogen and oxygen atoms in total. The lowest BCUT2D eigenvalue weighted by atomic mass is 10.1. The zero-order valence-electron chi connectivity index (χ0n) is 16.8. The Kier molecular flexibility index (Phi) is 5.83. The Morgan fingerprint density at radius 2 is 2.00 bits per heavy atom. The van der Waals surface area contributed by atoms with Crippen molar-refractivity contribution in [3.05, 3.63) is 48.0 Å². The maximum atomic E-state index is 12.5. The van der Waals surface area contributed by atoms with E-state index in [1.807, 2.05) is 34.7 Å². The van der Waals surface area contributed by atoms with Gasteiger partial charge in [0.1, 0.15) is 17.7 Å². The third kappa shape index (κ3) is 4.78. The number of imidazole rings is 1. The molecule has 1 saturated heterocycles. The Morgan fingerprint density at radius 1 is 1.21 bits per heavy atom. The van der Waals surface area contributed by atoms with Crippen molar-refractivity contribution in [3.63, 3.8) is 0 Å². The van der Waals surface area contributed by atoms with Gasteiger partial charge < -0.3 is 19.5 Å². The fourth-order valence-corrected chi connectivity index (χ4v) is 3.74. The fraction of sp³-hybridized carbons (Fsp3) is 0.500. The average molecular weight is 396 g/mol. The van der Waals surface area contributed by atoms with Crippen LogP contribution in [0.3, 0.4) is 0 Å². The first-order chi connectivity index (χ1) is 14.1. The van der Waals surface area contributed by atoms with Crippen LogP contribution in [-0.2, 0) is 17.9 Å². The topological polar surface area (TPSA) is 76.5 Å². The number of benzene rings is 1. The van der Waals surface area contributed by atoms with Crippen molar-refractivity contribution in [1.29, 1.82) is 0 Å². The van der Waals surface area contributed by atoms with Crippen LogP contribution in [0.4, 0.5) is 0 Å². The minimum atomic E-state index is -0.147. The summed E-state index contributed by atoms with van der Waals surface area (Å²) in [7, 11) is 0. The molecule has 1 saturated carbocycles. The second-order valence-corrected chi connectivity index (χ2v) is 7.76. The van der Waals surface area contributed by atoms with Crippen LogP contribution in [0, 0.1) is 5.92 Å². The van der Waals surface area contributed by atoms with Crippen LogP contribution in [0.2, 0.25) is 0 Å². The zero-order valence-corrected chi connectivity index (χ0v) is 16.8. The number of likely N-dealkylation sites (tertiary alicyclic amines) is 1. The lowest BCUT2D eigenvalue weighted by molar-refractivity contribution is -0.134. The van der Waals surface area contributed by atoms with Crippen molar-refractivity contribution in [2.75, 3.05) is 13.1 Å². The van der Waals surface area contributed by atoms with E-state index in [0.29, 0.717) is 23.8 Å². The molecule has 1 aromatic heterocycles. The van der Waals surface area contributed by atoms with Crippen molar-refractivity contribution in [1.82, 2.24) is 19.8 Å². The van der Waals surface area contributed by atoms with Crippen molar-refractivity contribution in [2.45, 2.75) is 51.8 Å². The van der Waals surface area contributed by atoms with E-state index in [1.165, 1.54) is 0 Å². The molecule has 4 rings (SSSR count). The standard InChI is InChI=1S/C22H28N4O3/c1-2-25-13-10-23-20(25)15-24-21(27)17-4-3-5-19(14-17)29-18-8-11-26(12-9-18)22(28)16-6-7-16/h3-5,10,13-14,16,18H,2,6-9,11-12,15H2,1H3,(H,24,27). The molecule has 2 heterocycles. The van der Waals surface area contributed by atoms with Crippen molar-refractivity contribution in [2.24, 2.45) is 5.92 Å². The van der Waals surface area contributed by atoms with Crippen molar-refractivity contribution in [3.8, 4) is 5.75 Å². The summed E-state index contributed by atoms with van der Waals surface area (Å²) >= 11 is 0. The number of carbonyl (C=O) groups is 2. The molecule has 0 spiro atoms. The third-order valence-electron chi connectivity index (χ3n) is 5.63. The summed E-state index contributed by atoms with van der Waals surface area (Å²) in [6, 6.07) is 7.28. The van der Waals surface area contributed by atoms with E-state index >= 15 is 0 Å². The molecule has 0 atom stereocenters. The number of nitrogens with one attached hydrogen (secondary N) is 1. The second-order valence-electron chi connectivity index (χ2n) is 7.76. The summed E-state index contributed by atoms with van der Waals surface area (Å²) in [5, 5.41) is 2.92. The number of piperidine rings is 1. The summed E-state index contributed by atoms with van der Waals surface area (Å²) in [5.74, 6) is 1.97. The quantitative estimate of drug-likeness (QED) is 0.781. The summed E-state index contributed by atoms with van der Waals surface area (Å²) in [6.45, 7) is 4.76. The van der Waals surface area contributed by atoms with Gasteiger partial charge in [0.25, 0.3) is 5.91 Å². The molecule has 2 fully saturated rings. The molecule has 0 bridgehead atoms. The van der Waals surface area contributed by atoms with E-state index in [1.54, 1.807) is 18.3 Å². The molecule has 29 heavy (non-hydrogen) atoms. The lowest BCUT2D eigenvalue weighted by Gasteiger charge is -2.32. The Labute approximate surface area is 171 Å². The van der Waals surface area contributed by atoms with Gasteiger partial charge in [0, 0.05) is 56.4 Å². The lowest BCUT2D eigenvalue weighted by Crippen LogP contribution is -2.42. The van der Waals surface area contributed by atoms with Crippen molar-refractivity contribution < 1.29 is 14.3 Å². The molecule has 1 aliphatic heterocycles. The minimum Gasteiger partial charge on any atom is -0.490 e. The first-order valence-electron chi connectivity index (χ1n) is 10.5. The first-order valence-corrected chi connectivity index (χ1v) is 10.5. The average Bonchev–Trinajstić information content (AvgIpc) is 3.50. The number of hydrogen-bond donors (Lipinski definition) is 1. The molecule has 0 radical (unpaired) electrons. The van der Waals surface area contributed by atoms with Gasteiger partial charge >= 0.3 is 0 Å². The van der Waals surface area contributed by atoms with Crippen LogP contribution in [-0.4, -0.2) is 45.5 Å². The van der Waals surface area contributed by atoms with E-state index in [4.69, 9.17) is 4.74 Å². The Morgan fingerprint density at radius 3 is 2.72 bits per heavy atom. The Bertz CT molecular complexity index is 866. The van der Waals surface area contributed by atoms with Gasteiger partial charge in [0.2, 0.25) is 5.91 Å². The third-order valence-corrected chi connectivity index (χ3v) is 5.63. The van der Waals surface area contributed by atoms with Gasteiger partial charge in [-0.05, 0) is 38.0 Å². The molecule has 0 unspecified atom stereocenters. The smallest absolute Gasteiger partial charge is 0.251 e. The summed E-state index contributed by atoms with van der Waals surface area (Å²) in [4.78, 5) is 30.9.